The molecule has 0 aliphatic heterocycles. The summed E-state index contributed by atoms with van der Waals surface area (Å²) in [6, 6.07) is 0. The molecule has 19 heavy (non-hydrogen) atoms. The van der Waals surface area contributed by atoms with Gasteiger partial charge in [-0.05, 0) is 0 Å². The Labute approximate surface area is 119 Å². The van der Waals surface area contributed by atoms with Crippen LogP contribution < -0.4 is 5.73 Å². The SMILES string of the molecule is COCCn1ncc(Cl)c1C(=O)c1csc(CN)n1. The van der Waals surface area contributed by atoms with Crippen molar-refractivity contribution >= 4 is 28.7 Å². The van der Waals surface area contributed by atoms with Crippen molar-refractivity contribution in [3.8, 4) is 0 Å². The van der Waals surface area contributed by atoms with Gasteiger partial charge >= 0.3 is 0 Å². The van der Waals surface area contributed by atoms with E-state index in [9.17, 15) is 4.79 Å². The van der Waals surface area contributed by atoms with Crippen LogP contribution in [0, 0.1) is 0 Å². The highest BCUT2D eigenvalue weighted by Gasteiger charge is 2.21. The number of halogens is 1. The monoisotopic (exact) mass is 300 g/mol. The van der Waals surface area contributed by atoms with Crippen molar-refractivity contribution in [2.45, 2.75) is 13.1 Å². The minimum absolute atomic E-state index is 0.255. The summed E-state index contributed by atoms with van der Waals surface area (Å²) in [6.45, 7) is 1.22. The number of methoxy groups -OCH3 is 1. The van der Waals surface area contributed by atoms with Gasteiger partial charge in [0.05, 0.1) is 24.4 Å². The van der Waals surface area contributed by atoms with Gasteiger partial charge in [0.25, 0.3) is 0 Å². The molecule has 6 nitrogen and oxygen atoms in total. The molecule has 8 heteroatoms. The van der Waals surface area contributed by atoms with E-state index in [0.29, 0.717) is 41.1 Å². The second-order valence-electron chi connectivity index (χ2n) is 3.72. The predicted octanol–water partition coefficient (Wildman–Crippen LogP) is 1.33. The number of thiazole rings is 1. The van der Waals surface area contributed by atoms with Crippen molar-refractivity contribution in [1.29, 1.82) is 0 Å². The molecule has 0 aliphatic rings. The van der Waals surface area contributed by atoms with E-state index in [0.717, 1.165) is 0 Å². The molecule has 0 saturated carbocycles. The van der Waals surface area contributed by atoms with E-state index in [2.05, 4.69) is 10.1 Å². The molecule has 0 radical (unpaired) electrons. The number of carbonyl (C=O) groups excluding carboxylic acids is 1. The Morgan fingerprint density at radius 2 is 2.42 bits per heavy atom. The average molecular weight is 301 g/mol. The second-order valence-corrected chi connectivity index (χ2v) is 5.07. The summed E-state index contributed by atoms with van der Waals surface area (Å²) < 4.78 is 6.50. The van der Waals surface area contributed by atoms with Crippen LogP contribution in [0.4, 0.5) is 0 Å². The number of aromatic nitrogens is 3. The Kier molecular flexibility index (Phi) is 4.65. The first-order valence-electron chi connectivity index (χ1n) is 5.56. The molecule has 0 atom stereocenters. The van der Waals surface area contributed by atoms with Crippen LogP contribution in [0.25, 0.3) is 0 Å². The zero-order chi connectivity index (χ0) is 13.8. The summed E-state index contributed by atoms with van der Waals surface area (Å²) in [5.41, 5.74) is 6.15. The zero-order valence-electron chi connectivity index (χ0n) is 10.3. The third-order valence-electron chi connectivity index (χ3n) is 2.48. The molecule has 2 aromatic heterocycles. The van der Waals surface area contributed by atoms with Crippen LogP contribution in [0.15, 0.2) is 11.6 Å². The summed E-state index contributed by atoms with van der Waals surface area (Å²) in [5.74, 6) is -0.255. The Morgan fingerprint density at radius 3 is 3.05 bits per heavy atom. The van der Waals surface area contributed by atoms with E-state index >= 15 is 0 Å². The van der Waals surface area contributed by atoms with Crippen molar-refractivity contribution < 1.29 is 9.53 Å². The number of nitrogens with two attached hydrogens (primary N) is 1. The maximum absolute atomic E-state index is 12.4. The summed E-state index contributed by atoms with van der Waals surface area (Å²) >= 11 is 7.37. The molecule has 102 valence electrons. The van der Waals surface area contributed by atoms with Gasteiger partial charge in [-0.3, -0.25) is 9.48 Å². The molecule has 2 rings (SSSR count). The van der Waals surface area contributed by atoms with Gasteiger partial charge in [0, 0.05) is 19.0 Å². The molecule has 0 bridgehead atoms. The maximum atomic E-state index is 12.4. The number of hydrogen-bond acceptors (Lipinski definition) is 6. The normalized spacial score (nSPS) is 10.9. The molecule has 2 N–H and O–H groups in total. The molecule has 0 unspecified atom stereocenters. The highest BCUT2D eigenvalue weighted by Crippen LogP contribution is 2.20. The maximum Gasteiger partial charge on any atom is 0.231 e. The van der Waals surface area contributed by atoms with Gasteiger partial charge in [-0.1, -0.05) is 11.6 Å². The van der Waals surface area contributed by atoms with Gasteiger partial charge in [0.15, 0.2) is 0 Å². The Hall–Kier alpha value is -1.28. The lowest BCUT2D eigenvalue weighted by Crippen LogP contribution is -2.15. The minimum Gasteiger partial charge on any atom is -0.383 e. The van der Waals surface area contributed by atoms with E-state index < -0.39 is 0 Å². The smallest absolute Gasteiger partial charge is 0.231 e. The predicted molar refractivity (Wildman–Crippen MR) is 72.6 cm³/mol. The summed E-state index contributed by atoms with van der Waals surface area (Å²) in [5, 5.41) is 6.76. The van der Waals surface area contributed by atoms with Crippen molar-refractivity contribution in [3.05, 3.63) is 33.0 Å². The van der Waals surface area contributed by atoms with Crippen LogP contribution in [0.1, 0.15) is 21.2 Å². The van der Waals surface area contributed by atoms with E-state index in [4.69, 9.17) is 22.1 Å². The molecule has 0 spiro atoms. The van der Waals surface area contributed by atoms with Gasteiger partial charge in [-0.2, -0.15) is 5.10 Å². The van der Waals surface area contributed by atoms with Gasteiger partial charge in [0.2, 0.25) is 5.78 Å². The topological polar surface area (TPSA) is 83.0 Å². The number of nitrogens with zero attached hydrogens (tertiary/aromatic N) is 3. The third kappa shape index (κ3) is 3.01. The molecule has 0 saturated heterocycles. The number of hydrogen-bond donors (Lipinski definition) is 1. The average Bonchev–Trinajstić information content (AvgIpc) is 3.02. The van der Waals surface area contributed by atoms with Crippen molar-refractivity contribution in [2.24, 2.45) is 5.73 Å². The molecule has 2 heterocycles. The summed E-state index contributed by atoms with van der Waals surface area (Å²) in [4.78, 5) is 16.5. The van der Waals surface area contributed by atoms with Crippen LogP contribution in [-0.2, 0) is 17.8 Å². The minimum atomic E-state index is -0.255. The lowest BCUT2D eigenvalue weighted by atomic mass is 10.2. The first kappa shape index (κ1) is 14.1. The van der Waals surface area contributed by atoms with Crippen LogP contribution in [-0.4, -0.2) is 34.3 Å². The van der Waals surface area contributed by atoms with E-state index in [-0.39, 0.29) is 5.78 Å². The van der Waals surface area contributed by atoms with Crippen LogP contribution >= 0.6 is 22.9 Å². The fourth-order valence-corrected chi connectivity index (χ4v) is 2.45. The fourth-order valence-electron chi connectivity index (χ4n) is 1.57. The van der Waals surface area contributed by atoms with E-state index in [1.165, 1.54) is 22.2 Å². The summed E-state index contributed by atoms with van der Waals surface area (Å²) in [7, 11) is 1.58. The number of ether oxygens (including phenoxy) is 1. The van der Waals surface area contributed by atoms with Crippen molar-refractivity contribution in [1.82, 2.24) is 14.8 Å². The third-order valence-corrected chi connectivity index (χ3v) is 3.62. The molecule has 0 aliphatic carbocycles. The highest BCUT2D eigenvalue weighted by molar-refractivity contribution is 7.09. The molecular formula is C11H13ClN4O2S. The fraction of sp³-hybridized carbons (Fsp3) is 0.364. The molecule has 2 aromatic rings. The van der Waals surface area contributed by atoms with Crippen LogP contribution in [0.2, 0.25) is 5.02 Å². The lowest BCUT2D eigenvalue weighted by molar-refractivity contribution is 0.102. The zero-order valence-corrected chi connectivity index (χ0v) is 11.9. The summed E-state index contributed by atoms with van der Waals surface area (Å²) in [6.07, 6.45) is 1.45. The van der Waals surface area contributed by atoms with Gasteiger partial charge < -0.3 is 10.5 Å². The molecule has 0 amide bonds. The van der Waals surface area contributed by atoms with E-state index in [1.807, 2.05) is 0 Å². The molecule has 0 aromatic carbocycles. The van der Waals surface area contributed by atoms with Gasteiger partial charge in [0.1, 0.15) is 16.4 Å². The quantitative estimate of drug-likeness (QED) is 0.814. The lowest BCUT2D eigenvalue weighted by Gasteiger charge is -2.05. The van der Waals surface area contributed by atoms with E-state index in [1.54, 1.807) is 12.5 Å². The number of ketones is 1. The Morgan fingerprint density at radius 1 is 1.63 bits per heavy atom. The largest absolute Gasteiger partial charge is 0.383 e. The Bertz CT molecular complexity index is 581. The number of rotatable bonds is 6. The molecule has 0 fully saturated rings. The highest BCUT2D eigenvalue weighted by atomic mass is 35.5. The first-order valence-corrected chi connectivity index (χ1v) is 6.82. The number of carbonyl (C=O) groups is 1. The van der Waals surface area contributed by atoms with Crippen LogP contribution in [0.3, 0.4) is 0 Å². The van der Waals surface area contributed by atoms with Gasteiger partial charge in [-0.15, -0.1) is 11.3 Å². The Balaban J connectivity index is 2.29. The van der Waals surface area contributed by atoms with Crippen molar-refractivity contribution in [2.75, 3.05) is 13.7 Å². The second kappa shape index (κ2) is 6.25. The van der Waals surface area contributed by atoms with Crippen molar-refractivity contribution in [3.63, 3.8) is 0 Å². The molecular weight excluding hydrogens is 288 g/mol. The standard InChI is InChI=1S/C11H13ClN4O2S/c1-18-3-2-16-10(7(12)5-14-16)11(17)8-6-19-9(4-13)15-8/h5-6H,2-4,13H2,1H3. The van der Waals surface area contributed by atoms with Gasteiger partial charge in [-0.25, -0.2) is 4.98 Å². The van der Waals surface area contributed by atoms with Crippen LogP contribution in [0.5, 0.6) is 0 Å². The first-order chi connectivity index (χ1) is 9.17.